The van der Waals surface area contributed by atoms with E-state index in [-0.39, 0.29) is 6.04 Å². The van der Waals surface area contributed by atoms with E-state index < -0.39 is 0 Å². The number of thiophene rings is 1. The van der Waals surface area contributed by atoms with Crippen molar-refractivity contribution in [3.8, 4) is 0 Å². The third kappa shape index (κ3) is 2.62. The SMILES string of the molecule is Cn1ccnc1C(NCc1ccoc1)c1cccs1. The molecule has 3 rings (SSSR count). The summed E-state index contributed by atoms with van der Waals surface area (Å²) in [5.74, 6) is 1.02. The van der Waals surface area contributed by atoms with E-state index >= 15 is 0 Å². The van der Waals surface area contributed by atoms with E-state index in [4.69, 9.17) is 4.42 Å². The Morgan fingerprint density at radius 1 is 1.47 bits per heavy atom. The minimum Gasteiger partial charge on any atom is -0.472 e. The molecule has 4 nitrogen and oxygen atoms in total. The number of aryl methyl sites for hydroxylation is 1. The highest BCUT2D eigenvalue weighted by atomic mass is 32.1. The smallest absolute Gasteiger partial charge is 0.131 e. The first kappa shape index (κ1) is 12.2. The normalized spacial score (nSPS) is 12.7. The van der Waals surface area contributed by atoms with E-state index in [0.29, 0.717) is 0 Å². The van der Waals surface area contributed by atoms with Crippen LogP contribution < -0.4 is 5.32 Å². The molecule has 0 saturated carbocycles. The Morgan fingerprint density at radius 2 is 2.42 bits per heavy atom. The van der Waals surface area contributed by atoms with Gasteiger partial charge in [-0.25, -0.2) is 4.98 Å². The molecule has 0 fully saturated rings. The summed E-state index contributed by atoms with van der Waals surface area (Å²) in [6, 6.07) is 6.27. The summed E-state index contributed by atoms with van der Waals surface area (Å²) in [7, 11) is 2.02. The average Bonchev–Trinajstić information content (AvgIpc) is 3.13. The molecule has 0 aliphatic carbocycles. The van der Waals surface area contributed by atoms with Crippen molar-refractivity contribution < 1.29 is 4.42 Å². The lowest BCUT2D eigenvalue weighted by Gasteiger charge is -2.16. The summed E-state index contributed by atoms with van der Waals surface area (Å²) in [6.45, 7) is 0.756. The second-order valence-corrected chi connectivity index (χ2v) is 5.34. The van der Waals surface area contributed by atoms with Gasteiger partial charge in [-0.2, -0.15) is 0 Å². The van der Waals surface area contributed by atoms with Gasteiger partial charge in [-0.15, -0.1) is 11.3 Å². The summed E-state index contributed by atoms with van der Waals surface area (Å²) in [5, 5.41) is 5.62. The fraction of sp³-hybridized carbons (Fsp3) is 0.214. The van der Waals surface area contributed by atoms with Crippen molar-refractivity contribution in [2.24, 2.45) is 7.05 Å². The Hall–Kier alpha value is -1.85. The van der Waals surface area contributed by atoms with Gasteiger partial charge >= 0.3 is 0 Å². The van der Waals surface area contributed by atoms with Crippen molar-refractivity contribution >= 4 is 11.3 Å². The third-order valence-corrected chi connectivity index (χ3v) is 3.97. The molecule has 0 radical (unpaired) electrons. The van der Waals surface area contributed by atoms with E-state index in [9.17, 15) is 0 Å². The number of aromatic nitrogens is 2. The molecule has 0 bridgehead atoms. The highest BCUT2D eigenvalue weighted by Gasteiger charge is 2.18. The van der Waals surface area contributed by atoms with E-state index in [2.05, 4.69) is 27.8 Å². The van der Waals surface area contributed by atoms with E-state index in [0.717, 1.165) is 17.9 Å². The van der Waals surface area contributed by atoms with Gasteiger partial charge in [0.25, 0.3) is 0 Å². The first-order valence-corrected chi connectivity index (χ1v) is 6.97. The summed E-state index contributed by atoms with van der Waals surface area (Å²) in [5.41, 5.74) is 1.13. The Balaban J connectivity index is 1.83. The fourth-order valence-corrected chi connectivity index (χ4v) is 2.84. The lowest BCUT2D eigenvalue weighted by atomic mass is 10.2. The molecule has 0 aliphatic heterocycles. The molecule has 1 N–H and O–H groups in total. The molecular weight excluding hydrogens is 258 g/mol. The molecule has 3 aromatic heterocycles. The van der Waals surface area contributed by atoms with Gasteiger partial charge in [-0.1, -0.05) is 6.07 Å². The van der Waals surface area contributed by atoms with Crippen LogP contribution in [0.25, 0.3) is 0 Å². The van der Waals surface area contributed by atoms with Gasteiger partial charge in [0.05, 0.1) is 12.5 Å². The zero-order chi connectivity index (χ0) is 13.1. The molecule has 3 heterocycles. The number of nitrogens with one attached hydrogen (secondary N) is 1. The fourth-order valence-electron chi connectivity index (χ4n) is 2.04. The summed E-state index contributed by atoms with van der Waals surface area (Å²) in [6.07, 6.45) is 7.25. The summed E-state index contributed by atoms with van der Waals surface area (Å²) in [4.78, 5) is 5.72. The number of hydrogen-bond acceptors (Lipinski definition) is 4. The maximum atomic E-state index is 5.09. The summed E-state index contributed by atoms with van der Waals surface area (Å²) >= 11 is 1.74. The Bertz CT molecular complexity index is 613. The second kappa shape index (κ2) is 5.42. The highest BCUT2D eigenvalue weighted by Crippen LogP contribution is 2.25. The van der Waals surface area contributed by atoms with Crippen LogP contribution in [0.4, 0.5) is 0 Å². The minimum absolute atomic E-state index is 0.106. The van der Waals surface area contributed by atoms with Crippen molar-refractivity contribution in [3.05, 3.63) is 64.8 Å². The molecule has 3 aromatic rings. The lowest BCUT2D eigenvalue weighted by molar-refractivity contribution is 0.544. The standard InChI is InChI=1S/C14H15N3OS/c1-17-6-5-15-14(17)13(12-3-2-8-19-12)16-9-11-4-7-18-10-11/h2-8,10,13,16H,9H2,1H3. The number of rotatable bonds is 5. The molecule has 98 valence electrons. The molecular formula is C14H15N3OS. The van der Waals surface area contributed by atoms with Crippen LogP contribution in [-0.4, -0.2) is 9.55 Å². The largest absolute Gasteiger partial charge is 0.472 e. The zero-order valence-electron chi connectivity index (χ0n) is 10.6. The highest BCUT2D eigenvalue weighted by molar-refractivity contribution is 7.10. The number of hydrogen-bond donors (Lipinski definition) is 1. The van der Waals surface area contributed by atoms with Crippen molar-refractivity contribution in [2.45, 2.75) is 12.6 Å². The minimum atomic E-state index is 0.106. The first-order chi connectivity index (χ1) is 9.34. The van der Waals surface area contributed by atoms with Gasteiger partial charge in [0.15, 0.2) is 0 Å². The van der Waals surface area contributed by atoms with Crippen LogP contribution in [0.3, 0.4) is 0 Å². The molecule has 1 atom stereocenters. The van der Waals surface area contributed by atoms with Crippen LogP contribution in [0.2, 0.25) is 0 Å². The van der Waals surface area contributed by atoms with Crippen molar-refractivity contribution in [1.82, 2.24) is 14.9 Å². The summed E-state index contributed by atoms with van der Waals surface area (Å²) < 4.78 is 7.14. The van der Waals surface area contributed by atoms with Crippen molar-refractivity contribution in [1.29, 1.82) is 0 Å². The van der Waals surface area contributed by atoms with Gasteiger partial charge in [0.1, 0.15) is 11.9 Å². The van der Waals surface area contributed by atoms with Gasteiger partial charge in [-0.3, -0.25) is 5.32 Å². The lowest BCUT2D eigenvalue weighted by Crippen LogP contribution is -2.23. The van der Waals surface area contributed by atoms with Crippen LogP contribution in [0.5, 0.6) is 0 Å². The van der Waals surface area contributed by atoms with Crippen LogP contribution in [0, 0.1) is 0 Å². The van der Waals surface area contributed by atoms with Crippen LogP contribution in [0.1, 0.15) is 22.3 Å². The molecule has 0 spiro atoms. The number of nitrogens with zero attached hydrogens (tertiary/aromatic N) is 2. The van der Waals surface area contributed by atoms with Crippen molar-refractivity contribution in [3.63, 3.8) is 0 Å². The maximum absolute atomic E-state index is 5.09. The zero-order valence-corrected chi connectivity index (χ0v) is 11.4. The number of imidazole rings is 1. The van der Waals surface area contributed by atoms with Crippen LogP contribution in [-0.2, 0) is 13.6 Å². The monoisotopic (exact) mass is 273 g/mol. The average molecular weight is 273 g/mol. The van der Waals surface area contributed by atoms with Crippen LogP contribution in [0.15, 0.2) is 52.9 Å². The Labute approximate surface area is 115 Å². The van der Waals surface area contributed by atoms with Crippen LogP contribution >= 0.6 is 11.3 Å². The Kier molecular flexibility index (Phi) is 3.48. The quantitative estimate of drug-likeness (QED) is 0.777. The molecule has 19 heavy (non-hydrogen) atoms. The second-order valence-electron chi connectivity index (χ2n) is 4.36. The van der Waals surface area contributed by atoms with Gasteiger partial charge in [-0.05, 0) is 17.5 Å². The molecule has 5 heteroatoms. The molecule has 0 aromatic carbocycles. The maximum Gasteiger partial charge on any atom is 0.131 e. The van der Waals surface area contributed by atoms with E-state index in [1.54, 1.807) is 23.9 Å². The molecule has 0 saturated heterocycles. The predicted molar refractivity (Wildman–Crippen MR) is 74.9 cm³/mol. The van der Waals surface area contributed by atoms with Gasteiger partial charge in [0.2, 0.25) is 0 Å². The van der Waals surface area contributed by atoms with E-state index in [1.165, 1.54) is 4.88 Å². The Morgan fingerprint density at radius 3 is 3.05 bits per heavy atom. The topological polar surface area (TPSA) is 43.0 Å². The molecule has 1 unspecified atom stereocenters. The third-order valence-electron chi connectivity index (χ3n) is 3.03. The predicted octanol–water partition coefficient (Wildman–Crippen LogP) is 2.95. The number of furan rings is 1. The van der Waals surface area contributed by atoms with Gasteiger partial charge in [0, 0.05) is 36.4 Å². The molecule has 0 aliphatic rings. The molecule has 0 amide bonds. The van der Waals surface area contributed by atoms with Crippen molar-refractivity contribution in [2.75, 3.05) is 0 Å². The first-order valence-electron chi connectivity index (χ1n) is 6.09. The van der Waals surface area contributed by atoms with Gasteiger partial charge < -0.3 is 8.98 Å². The van der Waals surface area contributed by atoms with E-state index in [1.807, 2.05) is 30.1 Å².